The van der Waals surface area contributed by atoms with Gasteiger partial charge < -0.3 is 14.4 Å². The highest BCUT2D eigenvalue weighted by Crippen LogP contribution is 2.48. The highest BCUT2D eigenvalue weighted by atomic mass is 32.1. The minimum Gasteiger partial charge on any atom is -0.310 e. The molecule has 0 saturated carbocycles. The molecule has 0 radical (unpaired) electrons. The van der Waals surface area contributed by atoms with Gasteiger partial charge in [-0.1, -0.05) is 152 Å². The fourth-order valence-corrected chi connectivity index (χ4v) is 12.0. The van der Waals surface area contributed by atoms with Gasteiger partial charge in [0.25, 0.3) is 0 Å². The first-order chi connectivity index (χ1) is 33.7. The van der Waals surface area contributed by atoms with Gasteiger partial charge in [-0.2, -0.15) is 0 Å². The number of nitrogens with zero attached hydrogens (tertiary/aromatic N) is 3. The molecule has 0 aliphatic heterocycles. The number of aromatic nitrogens is 1. The van der Waals surface area contributed by atoms with Gasteiger partial charge in [-0.3, -0.25) is 0 Å². The molecule has 0 saturated heterocycles. The van der Waals surface area contributed by atoms with Crippen molar-refractivity contribution >= 4 is 120 Å². The number of para-hydroxylation sites is 4. The van der Waals surface area contributed by atoms with E-state index < -0.39 is 0 Å². The quantitative estimate of drug-likeness (QED) is 0.141. The van der Waals surface area contributed by atoms with Crippen LogP contribution in [0.2, 0.25) is 0 Å². The van der Waals surface area contributed by atoms with Gasteiger partial charge in [-0.25, -0.2) is 0 Å². The second-order valence-corrected chi connectivity index (χ2v) is 18.8. The lowest BCUT2D eigenvalue weighted by Crippen LogP contribution is -2.12. The van der Waals surface area contributed by atoms with E-state index in [1.165, 1.54) is 74.3 Å². The number of rotatable bonds is 8. The Hall–Kier alpha value is -8.70. The molecule has 68 heavy (non-hydrogen) atoms. The van der Waals surface area contributed by atoms with Gasteiger partial charge in [0.2, 0.25) is 0 Å². The Kier molecular flexibility index (Phi) is 8.76. The van der Waals surface area contributed by atoms with E-state index in [1.807, 2.05) is 11.3 Å². The van der Waals surface area contributed by atoms with Crippen molar-refractivity contribution in [2.45, 2.75) is 0 Å². The summed E-state index contributed by atoms with van der Waals surface area (Å²) in [5, 5.41) is 12.7. The zero-order chi connectivity index (χ0) is 44.7. The van der Waals surface area contributed by atoms with E-state index in [0.717, 1.165) is 50.9 Å². The lowest BCUT2D eigenvalue weighted by Gasteiger charge is -2.29. The van der Waals surface area contributed by atoms with Gasteiger partial charge >= 0.3 is 0 Å². The molecule has 3 nitrogen and oxygen atoms in total. The molecule has 0 unspecified atom stereocenters. The number of fused-ring (bicyclic) bond motifs is 6. The molecule has 0 fully saturated rings. The Morgan fingerprint density at radius 2 is 0.912 bits per heavy atom. The van der Waals surface area contributed by atoms with E-state index in [1.54, 1.807) is 0 Å². The molecule has 4 heteroatoms. The van der Waals surface area contributed by atoms with E-state index in [0.29, 0.717) is 0 Å². The summed E-state index contributed by atoms with van der Waals surface area (Å²) in [6.07, 6.45) is 0. The molecule has 0 amide bonds. The number of hydrogen-bond donors (Lipinski definition) is 0. The molecular weight excluding hydrogens is 843 g/mol. The summed E-state index contributed by atoms with van der Waals surface area (Å²) in [5.74, 6) is 0. The largest absolute Gasteiger partial charge is 0.310 e. The van der Waals surface area contributed by atoms with E-state index in [2.05, 4.69) is 263 Å². The van der Waals surface area contributed by atoms with Crippen LogP contribution in [0.25, 0.3) is 91.1 Å². The zero-order valence-electron chi connectivity index (χ0n) is 36.9. The molecule has 14 aromatic rings. The minimum absolute atomic E-state index is 1.09. The highest BCUT2D eigenvalue weighted by molar-refractivity contribution is 7.25. The Morgan fingerprint density at radius 3 is 1.71 bits per heavy atom. The average molecular weight is 884 g/mol. The lowest BCUT2D eigenvalue weighted by atomic mass is 9.93. The van der Waals surface area contributed by atoms with Crippen molar-refractivity contribution in [2.75, 3.05) is 9.80 Å². The van der Waals surface area contributed by atoms with Crippen molar-refractivity contribution in [3.05, 3.63) is 249 Å². The number of anilines is 6. The molecule has 14 rings (SSSR count). The van der Waals surface area contributed by atoms with Crippen molar-refractivity contribution in [1.82, 2.24) is 4.57 Å². The van der Waals surface area contributed by atoms with Crippen LogP contribution in [0.4, 0.5) is 34.1 Å². The van der Waals surface area contributed by atoms with Crippen LogP contribution < -0.4 is 9.80 Å². The lowest BCUT2D eigenvalue weighted by molar-refractivity contribution is 1.18. The minimum atomic E-state index is 1.09. The molecule has 12 aromatic carbocycles. The molecule has 0 aliphatic rings. The van der Waals surface area contributed by atoms with Crippen molar-refractivity contribution in [1.29, 1.82) is 0 Å². The summed E-state index contributed by atoms with van der Waals surface area (Å²) >= 11 is 1.87. The topological polar surface area (TPSA) is 11.4 Å². The van der Waals surface area contributed by atoms with Crippen LogP contribution in [-0.4, -0.2) is 4.57 Å². The van der Waals surface area contributed by atoms with Gasteiger partial charge in [-0.15, -0.1) is 11.3 Å². The molecule has 0 N–H and O–H groups in total. The predicted octanol–water partition coefficient (Wildman–Crippen LogP) is 18.7. The monoisotopic (exact) mass is 883 g/mol. The molecular formula is C64H41N3S. The van der Waals surface area contributed by atoms with Crippen LogP contribution in [0, 0.1) is 0 Å². The summed E-state index contributed by atoms with van der Waals surface area (Å²) in [4.78, 5) is 4.86. The molecule has 0 aliphatic carbocycles. The van der Waals surface area contributed by atoms with Crippen LogP contribution in [-0.2, 0) is 0 Å². The molecule has 2 aromatic heterocycles. The highest BCUT2D eigenvalue weighted by Gasteiger charge is 2.23. The van der Waals surface area contributed by atoms with Gasteiger partial charge in [-0.05, 0) is 130 Å². The van der Waals surface area contributed by atoms with E-state index in [-0.39, 0.29) is 0 Å². The maximum atomic E-state index is 2.44. The van der Waals surface area contributed by atoms with E-state index in [9.17, 15) is 0 Å². The zero-order valence-corrected chi connectivity index (χ0v) is 37.7. The molecule has 0 bridgehead atoms. The van der Waals surface area contributed by atoms with Gasteiger partial charge in [0, 0.05) is 70.3 Å². The maximum absolute atomic E-state index is 2.44. The predicted molar refractivity (Wildman–Crippen MR) is 292 cm³/mol. The van der Waals surface area contributed by atoms with Crippen LogP contribution in [0.5, 0.6) is 0 Å². The Balaban J connectivity index is 0.958. The molecule has 2 heterocycles. The van der Waals surface area contributed by atoms with E-state index >= 15 is 0 Å². The van der Waals surface area contributed by atoms with Gasteiger partial charge in [0.1, 0.15) is 0 Å². The summed E-state index contributed by atoms with van der Waals surface area (Å²) in [6.45, 7) is 0. The Bertz CT molecular complexity index is 4190. The van der Waals surface area contributed by atoms with Crippen molar-refractivity contribution in [3.63, 3.8) is 0 Å². The van der Waals surface area contributed by atoms with Crippen molar-refractivity contribution in [2.24, 2.45) is 0 Å². The summed E-state index contributed by atoms with van der Waals surface area (Å²) in [7, 11) is 0. The maximum Gasteiger partial charge on any atom is 0.0548 e. The second kappa shape index (κ2) is 15.5. The molecule has 318 valence electrons. The summed E-state index contributed by atoms with van der Waals surface area (Å²) in [6, 6.07) is 91.3. The smallest absolute Gasteiger partial charge is 0.0548 e. The molecule has 0 spiro atoms. The Labute approximate surface area is 397 Å². The van der Waals surface area contributed by atoms with Crippen LogP contribution >= 0.6 is 11.3 Å². The summed E-state index contributed by atoms with van der Waals surface area (Å²) in [5.41, 5.74) is 12.4. The first kappa shape index (κ1) is 38.6. The fraction of sp³-hybridized carbons (Fsp3) is 0. The SMILES string of the molecule is c1ccc(N(c2ccc3c(c2)c2cc4sc5ccccc5c4cc2n3-c2ccccc2)c2ccccc2-c2cccc(N(c3ccccc3)c3ccc4ccc5cccc6ccc3c4c56)c2)cc1. The summed E-state index contributed by atoms with van der Waals surface area (Å²) < 4.78 is 5.05. The van der Waals surface area contributed by atoms with Crippen LogP contribution in [0.15, 0.2) is 249 Å². The third-order valence-electron chi connectivity index (χ3n) is 13.9. The number of thiophene rings is 1. The fourth-order valence-electron chi connectivity index (χ4n) is 10.9. The van der Waals surface area contributed by atoms with Gasteiger partial charge in [0.15, 0.2) is 0 Å². The number of hydrogen-bond acceptors (Lipinski definition) is 3. The van der Waals surface area contributed by atoms with E-state index in [4.69, 9.17) is 0 Å². The number of benzene rings is 12. The van der Waals surface area contributed by atoms with Gasteiger partial charge in [0.05, 0.1) is 22.4 Å². The second-order valence-electron chi connectivity index (χ2n) is 17.7. The van der Waals surface area contributed by atoms with Crippen molar-refractivity contribution < 1.29 is 0 Å². The standard InChI is InChI=1S/C64H41N3S/c1-4-19-46(20-5-1)65(58-36-33-44-31-30-42-16-14-17-43-32-35-53(58)64(44)63(42)43)49-25-15-18-45(38-49)51-26-10-12-28-57(51)66(47-21-6-2-7-22-47)50-34-37-59-54(39-50)55-41-62-56(52-27-11-13-29-61(52)68-62)40-60(55)67(59)48-23-8-3-9-24-48/h1-41H. The Morgan fingerprint density at radius 1 is 0.309 bits per heavy atom. The first-order valence-corrected chi connectivity index (χ1v) is 24.1. The first-order valence-electron chi connectivity index (χ1n) is 23.2. The van der Waals surface area contributed by atoms with Crippen LogP contribution in [0.1, 0.15) is 0 Å². The normalized spacial score (nSPS) is 11.8. The third-order valence-corrected chi connectivity index (χ3v) is 15.0. The average Bonchev–Trinajstić information content (AvgIpc) is 3.93. The van der Waals surface area contributed by atoms with Crippen LogP contribution in [0.3, 0.4) is 0 Å². The third kappa shape index (κ3) is 6.05. The molecule has 0 atom stereocenters. The van der Waals surface area contributed by atoms with Crippen molar-refractivity contribution in [3.8, 4) is 16.8 Å².